The molecule has 0 saturated carbocycles. The number of carbonyl (C=O) groups excluding carboxylic acids is 1. The van der Waals surface area contributed by atoms with Crippen molar-refractivity contribution < 1.29 is 27.8 Å². The number of anilines is 1. The zero-order chi connectivity index (χ0) is 24.4. The second kappa shape index (κ2) is 12.2. The van der Waals surface area contributed by atoms with Gasteiger partial charge in [0.25, 0.3) is 0 Å². The molecule has 2 heterocycles. The van der Waals surface area contributed by atoms with Crippen molar-refractivity contribution in [1.82, 2.24) is 14.9 Å². The minimum Gasteiger partial charge on any atom is -0.468 e. The molecule has 2 aromatic heterocycles. The molecular formula is C22H31F3N4O3. The Balaban J connectivity index is 0.000000343. The second-order valence-corrected chi connectivity index (χ2v) is 7.62. The van der Waals surface area contributed by atoms with Crippen LogP contribution in [0.4, 0.5) is 19.0 Å². The van der Waals surface area contributed by atoms with Crippen LogP contribution in [-0.2, 0) is 10.4 Å². The van der Waals surface area contributed by atoms with Gasteiger partial charge in [0.1, 0.15) is 11.4 Å². The number of carbonyl (C=O) groups is 1. The molecule has 178 valence electrons. The van der Waals surface area contributed by atoms with Gasteiger partial charge in [-0.1, -0.05) is 12.1 Å². The van der Waals surface area contributed by atoms with E-state index in [0.717, 1.165) is 12.2 Å². The van der Waals surface area contributed by atoms with Gasteiger partial charge in [-0.3, -0.25) is 4.79 Å². The van der Waals surface area contributed by atoms with Crippen molar-refractivity contribution in [3.05, 3.63) is 47.8 Å². The largest absolute Gasteiger partial charge is 0.468 e. The lowest BCUT2D eigenvalue weighted by Crippen LogP contribution is -2.33. The minimum absolute atomic E-state index is 0.0276. The van der Waals surface area contributed by atoms with E-state index in [4.69, 9.17) is 0 Å². The molecule has 2 rings (SSSR count). The molecule has 32 heavy (non-hydrogen) atoms. The van der Waals surface area contributed by atoms with Crippen LogP contribution in [0.25, 0.3) is 0 Å². The SMILES string of the molecule is CCN(C=O)CCN(C)c1cccc(C(C)(C)O)n1.Cc1cccnc1OCC(F)(F)F. The van der Waals surface area contributed by atoms with E-state index in [1.165, 1.54) is 6.20 Å². The van der Waals surface area contributed by atoms with Gasteiger partial charge in [-0.2, -0.15) is 13.2 Å². The summed E-state index contributed by atoms with van der Waals surface area (Å²) >= 11 is 0. The summed E-state index contributed by atoms with van der Waals surface area (Å²) in [7, 11) is 1.93. The smallest absolute Gasteiger partial charge is 0.422 e. The molecular weight excluding hydrogens is 425 g/mol. The van der Waals surface area contributed by atoms with Gasteiger partial charge in [0.05, 0.1) is 5.69 Å². The summed E-state index contributed by atoms with van der Waals surface area (Å²) in [6, 6.07) is 8.85. The molecule has 0 radical (unpaired) electrons. The Bertz CT molecular complexity index is 842. The number of aromatic nitrogens is 2. The lowest BCUT2D eigenvalue weighted by atomic mass is 10.1. The summed E-state index contributed by atoms with van der Waals surface area (Å²) in [5, 5.41) is 9.95. The van der Waals surface area contributed by atoms with Crippen LogP contribution >= 0.6 is 0 Å². The van der Waals surface area contributed by atoms with Crippen molar-refractivity contribution >= 4 is 12.2 Å². The summed E-state index contributed by atoms with van der Waals surface area (Å²) in [6.07, 6.45) is -2.07. The van der Waals surface area contributed by atoms with Gasteiger partial charge in [0.2, 0.25) is 12.3 Å². The van der Waals surface area contributed by atoms with Crippen molar-refractivity contribution in [1.29, 1.82) is 0 Å². The Morgan fingerprint density at radius 2 is 1.84 bits per heavy atom. The van der Waals surface area contributed by atoms with E-state index in [9.17, 15) is 23.1 Å². The highest BCUT2D eigenvalue weighted by Gasteiger charge is 2.28. The third-order valence-corrected chi connectivity index (χ3v) is 4.36. The van der Waals surface area contributed by atoms with Gasteiger partial charge < -0.3 is 19.6 Å². The highest BCUT2D eigenvalue weighted by molar-refractivity contribution is 5.47. The fourth-order valence-corrected chi connectivity index (χ4v) is 2.43. The zero-order valence-electron chi connectivity index (χ0n) is 19.1. The topological polar surface area (TPSA) is 78.8 Å². The quantitative estimate of drug-likeness (QED) is 0.582. The fraction of sp³-hybridized carbons (Fsp3) is 0.500. The summed E-state index contributed by atoms with van der Waals surface area (Å²) in [6.45, 7) is 7.77. The highest BCUT2D eigenvalue weighted by Crippen LogP contribution is 2.20. The summed E-state index contributed by atoms with van der Waals surface area (Å²) in [5.74, 6) is 0.821. The van der Waals surface area contributed by atoms with Crippen molar-refractivity contribution in [3.63, 3.8) is 0 Å². The number of pyridine rings is 2. The van der Waals surface area contributed by atoms with E-state index in [0.29, 0.717) is 30.9 Å². The van der Waals surface area contributed by atoms with E-state index in [-0.39, 0.29) is 5.88 Å². The Labute approximate surface area is 186 Å². The van der Waals surface area contributed by atoms with Crippen LogP contribution in [0, 0.1) is 6.92 Å². The van der Waals surface area contributed by atoms with Gasteiger partial charge in [-0.15, -0.1) is 0 Å². The maximum Gasteiger partial charge on any atom is 0.422 e. The average Bonchev–Trinajstić information content (AvgIpc) is 2.73. The molecule has 0 spiro atoms. The maximum atomic E-state index is 11.7. The molecule has 10 heteroatoms. The van der Waals surface area contributed by atoms with Crippen molar-refractivity contribution in [2.24, 2.45) is 0 Å². The molecule has 0 aliphatic heterocycles. The Morgan fingerprint density at radius 1 is 1.16 bits per heavy atom. The lowest BCUT2D eigenvalue weighted by molar-refractivity contribution is -0.154. The van der Waals surface area contributed by atoms with Crippen molar-refractivity contribution in [2.45, 2.75) is 39.5 Å². The molecule has 0 atom stereocenters. The first-order chi connectivity index (χ1) is 14.9. The van der Waals surface area contributed by atoms with Gasteiger partial charge in [-0.05, 0) is 45.9 Å². The van der Waals surface area contributed by atoms with Crippen molar-refractivity contribution in [3.8, 4) is 5.88 Å². The first-order valence-electron chi connectivity index (χ1n) is 10.1. The molecule has 0 fully saturated rings. The molecule has 1 amide bonds. The molecule has 1 N–H and O–H groups in total. The normalized spacial score (nSPS) is 11.3. The number of halogens is 3. The summed E-state index contributed by atoms with van der Waals surface area (Å²) in [5.41, 5.74) is 0.279. The predicted molar refractivity (Wildman–Crippen MR) is 117 cm³/mol. The average molecular weight is 457 g/mol. The van der Waals surface area contributed by atoms with Crippen LogP contribution in [-0.4, -0.2) is 65.8 Å². The van der Waals surface area contributed by atoms with Gasteiger partial charge >= 0.3 is 6.18 Å². The third-order valence-electron chi connectivity index (χ3n) is 4.36. The minimum atomic E-state index is -4.32. The van der Waals surface area contributed by atoms with Crippen LogP contribution in [0.5, 0.6) is 5.88 Å². The molecule has 2 aromatic rings. The molecule has 0 unspecified atom stereocenters. The van der Waals surface area contributed by atoms with Gasteiger partial charge in [-0.25, -0.2) is 9.97 Å². The van der Waals surface area contributed by atoms with E-state index < -0.39 is 18.4 Å². The number of ether oxygens (including phenoxy) is 1. The predicted octanol–water partition coefficient (Wildman–Crippen LogP) is 3.55. The van der Waals surface area contributed by atoms with Crippen LogP contribution < -0.4 is 9.64 Å². The van der Waals surface area contributed by atoms with Crippen LogP contribution in [0.3, 0.4) is 0 Å². The van der Waals surface area contributed by atoms with Crippen LogP contribution in [0.15, 0.2) is 36.5 Å². The molecule has 0 saturated heterocycles. The van der Waals surface area contributed by atoms with Crippen LogP contribution in [0.1, 0.15) is 32.0 Å². The Kier molecular flexibility index (Phi) is 10.4. The maximum absolute atomic E-state index is 11.7. The number of amides is 1. The van der Waals surface area contributed by atoms with E-state index in [1.807, 2.05) is 31.0 Å². The van der Waals surface area contributed by atoms with E-state index in [1.54, 1.807) is 43.9 Å². The second-order valence-electron chi connectivity index (χ2n) is 7.62. The molecule has 0 aliphatic rings. The molecule has 0 bridgehead atoms. The summed E-state index contributed by atoms with van der Waals surface area (Å²) < 4.78 is 39.6. The number of nitrogens with zero attached hydrogens (tertiary/aromatic N) is 4. The first kappa shape index (κ1) is 27.2. The molecule has 7 nitrogen and oxygen atoms in total. The number of alkyl halides is 3. The van der Waals surface area contributed by atoms with Crippen molar-refractivity contribution in [2.75, 3.05) is 38.2 Å². The molecule has 0 aliphatic carbocycles. The number of aliphatic hydroxyl groups is 1. The number of rotatable bonds is 9. The van der Waals surface area contributed by atoms with Crippen LogP contribution in [0.2, 0.25) is 0 Å². The highest BCUT2D eigenvalue weighted by atomic mass is 19.4. The number of aryl methyl sites for hydroxylation is 1. The Hall–Kier alpha value is -2.88. The zero-order valence-corrected chi connectivity index (χ0v) is 19.1. The third kappa shape index (κ3) is 9.95. The molecule has 0 aromatic carbocycles. The number of hydrogen-bond acceptors (Lipinski definition) is 6. The lowest BCUT2D eigenvalue weighted by Gasteiger charge is -2.24. The first-order valence-corrected chi connectivity index (χ1v) is 10.1. The van der Waals surface area contributed by atoms with E-state index in [2.05, 4.69) is 14.7 Å². The Morgan fingerprint density at radius 3 is 2.38 bits per heavy atom. The number of hydrogen-bond donors (Lipinski definition) is 1. The van der Waals surface area contributed by atoms with Gasteiger partial charge in [0, 0.05) is 38.4 Å². The van der Waals surface area contributed by atoms with E-state index >= 15 is 0 Å². The monoisotopic (exact) mass is 456 g/mol. The summed E-state index contributed by atoms with van der Waals surface area (Å²) in [4.78, 5) is 22.5. The number of likely N-dealkylation sites (N-methyl/N-ethyl adjacent to an activating group) is 2. The van der Waals surface area contributed by atoms with Gasteiger partial charge in [0.15, 0.2) is 6.61 Å². The standard InChI is InChI=1S/C14H23N3O2.C8H8F3NO/c1-5-17(11-18)10-9-16(4)13-8-6-7-12(15-13)14(2,3)19;1-6-3-2-4-12-7(6)13-5-8(9,10)11/h6-8,11,19H,5,9-10H2,1-4H3;2-4H,5H2,1H3. The fourth-order valence-electron chi connectivity index (χ4n) is 2.43.